The summed E-state index contributed by atoms with van der Waals surface area (Å²) < 4.78 is 12.4. The Labute approximate surface area is 114 Å². The molecule has 1 amide bonds. The molecule has 1 aromatic heterocycles. The van der Waals surface area contributed by atoms with Crippen LogP contribution in [0.2, 0.25) is 0 Å². The van der Waals surface area contributed by atoms with Crippen LogP contribution in [0.25, 0.3) is 10.1 Å². The molecule has 0 aliphatic heterocycles. The standard InChI is InChI=1S/C12H14NO4PS/c1-12(2,18(15,16)17)8-3-4-9-7(5-8)6-10(19-9)11(13)14/h3-6H,1-2H3,(H2,13,14)(H2,15,16,17). The van der Waals surface area contributed by atoms with E-state index < -0.39 is 18.7 Å². The molecule has 1 heterocycles. The molecule has 0 unspecified atom stereocenters. The van der Waals surface area contributed by atoms with Gasteiger partial charge in [0.2, 0.25) is 0 Å². The van der Waals surface area contributed by atoms with Gasteiger partial charge in [-0.1, -0.05) is 6.07 Å². The van der Waals surface area contributed by atoms with E-state index in [1.807, 2.05) is 0 Å². The molecule has 0 fully saturated rings. The highest BCUT2D eigenvalue weighted by Crippen LogP contribution is 2.56. The van der Waals surface area contributed by atoms with Crippen LogP contribution < -0.4 is 5.73 Å². The van der Waals surface area contributed by atoms with Gasteiger partial charge in [-0.15, -0.1) is 11.3 Å². The molecule has 2 aromatic rings. The maximum Gasteiger partial charge on any atom is 0.335 e. The first-order valence-corrected chi connectivity index (χ1v) is 7.95. The molecule has 4 N–H and O–H groups in total. The van der Waals surface area contributed by atoms with Crippen LogP contribution in [-0.2, 0) is 9.72 Å². The lowest BCUT2D eigenvalue weighted by Gasteiger charge is -2.26. The van der Waals surface area contributed by atoms with Gasteiger partial charge in [-0.3, -0.25) is 9.36 Å². The van der Waals surface area contributed by atoms with Gasteiger partial charge >= 0.3 is 7.60 Å². The number of benzene rings is 1. The van der Waals surface area contributed by atoms with Crippen molar-refractivity contribution in [3.63, 3.8) is 0 Å². The van der Waals surface area contributed by atoms with E-state index >= 15 is 0 Å². The highest BCUT2D eigenvalue weighted by atomic mass is 32.1. The molecule has 0 atom stereocenters. The third-order valence-electron chi connectivity index (χ3n) is 3.19. The lowest BCUT2D eigenvalue weighted by Crippen LogP contribution is -2.17. The number of amides is 1. The summed E-state index contributed by atoms with van der Waals surface area (Å²) in [5, 5.41) is -0.506. The van der Waals surface area contributed by atoms with Crippen molar-refractivity contribution in [3.8, 4) is 0 Å². The quantitative estimate of drug-likeness (QED) is 0.757. The molecule has 7 heteroatoms. The maximum absolute atomic E-state index is 11.5. The van der Waals surface area contributed by atoms with Crippen molar-refractivity contribution in [1.29, 1.82) is 0 Å². The predicted molar refractivity (Wildman–Crippen MR) is 75.4 cm³/mol. The van der Waals surface area contributed by atoms with Gasteiger partial charge in [-0.05, 0) is 43.0 Å². The predicted octanol–water partition coefficient (Wildman–Crippen LogP) is 2.41. The summed E-state index contributed by atoms with van der Waals surface area (Å²) in [7, 11) is -4.27. The van der Waals surface area contributed by atoms with E-state index in [0.29, 0.717) is 10.4 Å². The van der Waals surface area contributed by atoms with Crippen molar-refractivity contribution >= 4 is 34.9 Å². The van der Waals surface area contributed by atoms with Crippen LogP contribution in [0.15, 0.2) is 24.3 Å². The van der Waals surface area contributed by atoms with Crippen LogP contribution in [0.3, 0.4) is 0 Å². The van der Waals surface area contributed by atoms with E-state index in [-0.39, 0.29) is 0 Å². The first-order valence-electron chi connectivity index (χ1n) is 5.52. The Morgan fingerprint density at radius 1 is 1.32 bits per heavy atom. The van der Waals surface area contributed by atoms with Gasteiger partial charge in [0, 0.05) is 4.70 Å². The van der Waals surface area contributed by atoms with Gasteiger partial charge in [0.25, 0.3) is 5.91 Å². The van der Waals surface area contributed by atoms with Crippen LogP contribution in [-0.4, -0.2) is 15.7 Å². The van der Waals surface area contributed by atoms with Crippen molar-refractivity contribution in [2.45, 2.75) is 19.0 Å². The van der Waals surface area contributed by atoms with Crippen LogP contribution >= 0.6 is 18.9 Å². The van der Waals surface area contributed by atoms with Crippen molar-refractivity contribution in [3.05, 3.63) is 34.7 Å². The topological polar surface area (TPSA) is 101 Å². The molecule has 0 radical (unpaired) electrons. The van der Waals surface area contributed by atoms with E-state index in [0.717, 1.165) is 10.1 Å². The van der Waals surface area contributed by atoms with Crippen LogP contribution in [0.4, 0.5) is 0 Å². The molecule has 19 heavy (non-hydrogen) atoms. The molecule has 102 valence electrons. The molecule has 5 nitrogen and oxygen atoms in total. The van der Waals surface area contributed by atoms with Crippen LogP contribution in [0.5, 0.6) is 0 Å². The fourth-order valence-electron chi connectivity index (χ4n) is 1.71. The Kier molecular flexibility index (Phi) is 3.31. The molecular weight excluding hydrogens is 285 g/mol. The normalized spacial score (nSPS) is 12.8. The summed E-state index contributed by atoms with van der Waals surface area (Å²) in [6, 6.07) is 6.75. The monoisotopic (exact) mass is 299 g/mol. The third kappa shape index (κ3) is 2.44. The second-order valence-electron chi connectivity index (χ2n) is 4.83. The molecule has 1 aromatic carbocycles. The second-order valence-corrected chi connectivity index (χ2v) is 8.12. The summed E-state index contributed by atoms with van der Waals surface area (Å²) in [6.45, 7) is 2.99. The molecule has 0 spiro atoms. The second kappa shape index (κ2) is 4.42. The van der Waals surface area contributed by atoms with E-state index in [2.05, 4.69) is 0 Å². The number of rotatable bonds is 3. The average molecular weight is 299 g/mol. The largest absolute Gasteiger partial charge is 0.365 e. The fraction of sp³-hybridized carbons (Fsp3) is 0.250. The zero-order valence-corrected chi connectivity index (χ0v) is 12.2. The van der Waals surface area contributed by atoms with Gasteiger partial charge in [0.15, 0.2) is 0 Å². The summed E-state index contributed by atoms with van der Waals surface area (Å²) in [6.07, 6.45) is 0. The Balaban J connectivity index is 2.59. The molecule has 2 rings (SSSR count). The first kappa shape index (κ1) is 14.2. The number of carbonyl (C=O) groups excluding carboxylic acids is 1. The number of hydrogen-bond donors (Lipinski definition) is 3. The molecule has 0 aliphatic carbocycles. The minimum absolute atomic E-state index is 0.432. The third-order valence-corrected chi connectivity index (χ3v) is 6.04. The first-order chi connectivity index (χ1) is 8.63. The molecule has 0 saturated heterocycles. The highest BCUT2D eigenvalue weighted by Gasteiger charge is 2.39. The molecule has 0 aliphatic rings. The number of thiophene rings is 1. The van der Waals surface area contributed by atoms with Crippen molar-refractivity contribution in [1.82, 2.24) is 0 Å². The number of carbonyl (C=O) groups is 1. The van der Waals surface area contributed by atoms with Gasteiger partial charge in [0.05, 0.1) is 10.0 Å². The number of fused-ring (bicyclic) bond motifs is 1. The van der Waals surface area contributed by atoms with Gasteiger partial charge < -0.3 is 15.5 Å². The van der Waals surface area contributed by atoms with Crippen molar-refractivity contribution in [2.24, 2.45) is 5.73 Å². The number of primary amides is 1. The Morgan fingerprint density at radius 2 is 1.95 bits per heavy atom. The van der Waals surface area contributed by atoms with E-state index in [9.17, 15) is 19.1 Å². The highest BCUT2D eigenvalue weighted by molar-refractivity contribution is 7.53. The van der Waals surface area contributed by atoms with E-state index in [4.69, 9.17) is 5.73 Å². The molecular formula is C12H14NO4PS. The number of hydrogen-bond acceptors (Lipinski definition) is 3. The van der Waals surface area contributed by atoms with E-state index in [1.54, 1.807) is 24.3 Å². The van der Waals surface area contributed by atoms with Gasteiger partial charge in [0.1, 0.15) is 0 Å². The lowest BCUT2D eigenvalue weighted by atomic mass is 10.0. The van der Waals surface area contributed by atoms with Gasteiger partial charge in [-0.25, -0.2) is 0 Å². The maximum atomic E-state index is 11.5. The van der Waals surface area contributed by atoms with Crippen LogP contribution in [0.1, 0.15) is 29.1 Å². The number of nitrogens with two attached hydrogens (primary N) is 1. The zero-order chi connectivity index (χ0) is 14.4. The minimum atomic E-state index is -4.27. The SMILES string of the molecule is CC(C)(c1ccc2sc(C(N)=O)cc2c1)P(=O)(O)O. The molecule has 0 saturated carbocycles. The molecule has 0 bridgehead atoms. The fourth-order valence-corrected chi connectivity index (χ4v) is 3.08. The Hall–Kier alpha value is -1.20. The summed E-state index contributed by atoms with van der Waals surface area (Å²) in [5.41, 5.74) is 5.75. The van der Waals surface area contributed by atoms with Crippen LogP contribution in [0, 0.1) is 0 Å². The summed E-state index contributed by atoms with van der Waals surface area (Å²) >= 11 is 1.26. The summed E-state index contributed by atoms with van der Waals surface area (Å²) in [5.74, 6) is -0.503. The van der Waals surface area contributed by atoms with Crippen molar-refractivity contribution < 1.29 is 19.1 Å². The van der Waals surface area contributed by atoms with Crippen molar-refractivity contribution in [2.75, 3.05) is 0 Å². The van der Waals surface area contributed by atoms with Gasteiger partial charge in [-0.2, -0.15) is 0 Å². The average Bonchev–Trinajstić information content (AvgIpc) is 2.69. The lowest BCUT2D eigenvalue weighted by molar-refractivity contribution is 0.100. The smallest absolute Gasteiger partial charge is 0.335 e. The summed E-state index contributed by atoms with van der Waals surface area (Å²) in [4.78, 5) is 30.4. The van der Waals surface area contributed by atoms with E-state index in [1.165, 1.54) is 25.2 Å². The Bertz CT molecular complexity index is 701. The minimum Gasteiger partial charge on any atom is -0.365 e. The zero-order valence-electron chi connectivity index (χ0n) is 10.5. The Morgan fingerprint density at radius 3 is 2.47 bits per heavy atom.